The summed E-state index contributed by atoms with van der Waals surface area (Å²) >= 11 is 0. The van der Waals surface area contributed by atoms with E-state index in [4.69, 9.17) is 0 Å². The van der Waals surface area contributed by atoms with Crippen LogP contribution in [0, 0.1) is 5.92 Å². The molecule has 1 unspecified atom stereocenters. The van der Waals surface area contributed by atoms with Crippen molar-refractivity contribution < 1.29 is 4.79 Å². The summed E-state index contributed by atoms with van der Waals surface area (Å²) in [6.45, 7) is 7.37. The van der Waals surface area contributed by atoms with Crippen LogP contribution < -0.4 is 10.6 Å². The summed E-state index contributed by atoms with van der Waals surface area (Å²) in [7, 11) is 0. The van der Waals surface area contributed by atoms with Crippen molar-refractivity contribution in [2.45, 2.75) is 51.7 Å². The number of likely N-dealkylation sites (tertiary alicyclic amines) is 1. The van der Waals surface area contributed by atoms with Crippen molar-refractivity contribution in [1.29, 1.82) is 0 Å². The van der Waals surface area contributed by atoms with E-state index >= 15 is 0 Å². The highest BCUT2D eigenvalue weighted by Gasteiger charge is 2.21. The highest BCUT2D eigenvalue weighted by atomic mass is 35.5. The van der Waals surface area contributed by atoms with Crippen LogP contribution in [0.3, 0.4) is 0 Å². The molecule has 24 heavy (non-hydrogen) atoms. The summed E-state index contributed by atoms with van der Waals surface area (Å²) in [6.07, 6.45) is 4.68. The minimum Gasteiger partial charge on any atom is -0.351 e. The van der Waals surface area contributed by atoms with Gasteiger partial charge in [0.2, 0.25) is 5.91 Å². The van der Waals surface area contributed by atoms with Gasteiger partial charge in [-0.3, -0.25) is 9.69 Å². The first kappa shape index (κ1) is 19.2. The third kappa shape index (κ3) is 5.47. The third-order valence-electron chi connectivity index (χ3n) is 5.12. The molecule has 134 valence electrons. The smallest absolute Gasteiger partial charge is 0.237 e. The number of carbonyl (C=O) groups is 1. The van der Waals surface area contributed by atoms with Crippen LogP contribution in [0.2, 0.25) is 0 Å². The summed E-state index contributed by atoms with van der Waals surface area (Å²) in [5.41, 5.74) is 2.55. The summed E-state index contributed by atoms with van der Waals surface area (Å²) < 4.78 is 0. The van der Waals surface area contributed by atoms with Gasteiger partial charge in [0.15, 0.2) is 0 Å². The normalized spacial score (nSPS) is 22.1. The molecule has 0 spiro atoms. The van der Waals surface area contributed by atoms with E-state index < -0.39 is 0 Å². The molecule has 1 amide bonds. The Labute approximate surface area is 151 Å². The Hall–Kier alpha value is -1.10. The number of rotatable bonds is 5. The van der Waals surface area contributed by atoms with E-state index in [2.05, 4.69) is 46.7 Å². The molecule has 4 nitrogen and oxygen atoms in total. The lowest BCUT2D eigenvalue weighted by Gasteiger charge is -2.30. The van der Waals surface area contributed by atoms with E-state index in [0.29, 0.717) is 6.54 Å². The summed E-state index contributed by atoms with van der Waals surface area (Å²) in [4.78, 5) is 14.6. The Bertz CT molecular complexity index is 523. The maximum absolute atomic E-state index is 12.1. The fourth-order valence-corrected chi connectivity index (χ4v) is 3.54. The lowest BCUT2D eigenvalue weighted by Crippen LogP contribution is -2.40. The second-order valence-corrected chi connectivity index (χ2v) is 7.15. The fraction of sp³-hybridized carbons (Fsp3) is 0.632. The average Bonchev–Trinajstić information content (AvgIpc) is 3.10. The number of amides is 1. The zero-order valence-electron chi connectivity index (χ0n) is 14.6. The molecule has 2 aliphatic rings. The predicted molar refractivity (Wildman–Crippen MR) is 100 cm³/mol. The van der Waals surface area contributed by atoms with Crippen molar-refractivity contribution in [1.82, 2.24) is 15.5 Å². The molecule has 0 saturated carbocycles. The van der Waals surface area contributed by atoms with Gasteiger partial charge in [0, 0.05) is 13.1 Å². The van der Waals surface area contributed by atoms with Crippen molar-refractivity contribution in [3.8, 4) is 0 Å². The van der Waals surface area contributed by atoms with E-state index in [9.17, 15) is 4.79 Å². The van der Waals surface area contributed by atoms with Crippen LogP contribution in [-0.4, -0.2) is 36.5 Å². The number of piperidine rings is 1. The molecule has 5 heteroatoms. The lowest BCUT2D eigenvalue weighted by molar-refractivity contribution is -0.122. The van der Waals surface area contributed by atoms with Crippen molar-refractivity contribution >= 4 is 18.3 Å². The summed E-state index contributed by atoms with van der Waals surface area (Å²) in [5.74, 6) is 1.01. The molecule has 0 bridgehead atoms. The highest BCUT2D eigenvalue weighted by Crippen LogP contribution is 2.18. The number of nitrogens with one attached hydrogen (secondary N) is 2. The van der Waals surface area contributed by atoms with Gasteiger partial charge in [0.05, 0.1) is 6.04 Å². The number of hydrogen-bond acceptors (Lipinski definition) is 3. The number of carbonyl (C=O) groups excluding carboxylic acids is 1. The van der Waals surface area contributed by atoms with E-state index in [-0.39, 0.29) is 24.4 Å². The molecule has 1 aromatic rings. The molecular formula is C19H30ClN3O. The van der Waals surface area contributed by atoms with E-state index in [1.165, 1.54) is 37.1 Å². The van der Waals surface area contributed by atoms with Crippen molar-refractivity contribution in [3.63, 3.8) is 0 Å². The van der Waals surface area contributed by atoms with Crippen LogP contribution in [0.25, 0.3) is 0 Å². The van der Waals surface area contributed by atoms with Crippen LogP contribution in [0.4, 0.5) is 0 Å². The minimum absolute atomic E-state index is 0. The van der Waals surface area contributed by atoms with Gasteiger partial charge in [0.25, 0.3) is 0 Å². The Kier molecular flexibility index (Phi) is 7.53. The summed E-state index contributed by atoms with van der Waals surface area (Å²) in [6, 6.07) is 8.65. The van der Waals surface area contributed by atoms with Gasteiger partial charge >= 0.3 is 0 Å². The minimum atomic E-state index is 0. The molecule has 2 saturated heterocycles. The van der Waals surface area contributed by atoms with Gasteiger partial charge < -0.3 is 10.6 Å². The van der Waals surface area contributed by atoms with Gasteiger partial charge in [-0.05, 0) is 62.4 Å². The van der Waals surface area contributed by atoms with Crippen LogP contribution in [0.5, 0.6) is 0 Å². The number of hydrogen-bond donors (Lipinski definition) is 2. The lowest BCUT2D eigenvalue weighted by atomic mass is 9.98. The van der Waals surface area contributed by atoms with Crippen molar-refractivity contribution in [2.24, 2.45) is 5.92 Å². The maximum atomic E-state index is 12.1. The first-order valence-corrected chi connectivity index (χ1v) is 9.02. The molecule has 1 aromatic carbocycles. The Morgan fingerprint density at radius 1 is 1.25 bits per heavy atom. The molecule has 0 aliphatic carbocycles. The zero-order valence-corrected chi connectivity index (χ0v) is 15.4. The molecule has 2 heterocycles. The predicted octanol–water partition coefficient (Wildman–Crippen LogP) is 2.71. The maximum Gasteiger partial charge on any atom is 0.237 e. The zero-order chi connectivity index (χ0) is 16.1. The molecule has 0 aromatic heterocycles. The van der Waals surface area contributed by atoms with Gasteiger partial charge in [-0.25, -0.2) is 0 Å². The highest BCUT2D eigenvalue weighted by molar-refractivity contribution is 5.85. The monoisotopic (exact) mass is 351 g/mol. The standard InChI is InChI=1S/C19H29N3O.ClH/c1-15-7-10-22(11-8-15)14-17-5-2-4-16(12-17)13-21-19(23)18-6-3-9-20-18;/h2,4-5,12,15,18,20H,3,6-11,13-14H2,1H3,(H,21,23);1H. The second-order valence-electron chi connectivity index (χ2n) is 7.15. The van der Waals surface area contributed by atoms with Gasteiger partial charge in [-0.15, -0.1) is 12.4 Å². The average molecular weight is 352 g/mol. The van der Waals surface area contributed by atoms with Crippen LogP contribution in [0.15, 0.2) is 24.3 Å². The second kappa shape index (κ2) is 9.40. The van der Waals surface area contributed by atoms with Gasteiger partial charge in [-0.1, -0.05) is 31.2 Å². The topological polar surface area (TPSA) is 44.4 Å². The number of halogens is 1. The Morgan fingerprint density at radius 3 is 2.71 bits per heavy atom. The van der Waals surface area contributed by atoms with Crippen LogP contribution in [0.1, 0.15) is 43.7 Å². The van der Waals surface area contributed by atoms with E-state index in [1.807, 2.05) is 0 Å². The quantitative estimate of drug-likeness (QED) is 0.857. The van der Waals surface area contributed by atoms with Gasteiger partial charge in [0.1, 0.15) is 0 Å². The van der Waals surface area contributed by atoms with E-state index in [0.717, 1.165) is 31.8 Å². The molecule has 0 radical (unpaired) electrons. The molecule has 3 rings (SSSR count). The third-order valence-corrected chi connectivity index (χ3v) is 5.12. The first-order valence-electron chi connectivity index (χ1n) is 9.02. The summed E-state index contributed by atoms with van der Waals surface area (Å²) in [5, 5.41) is 6.31. The largest absolute Gasteiger partial charge is 0.351 e. The molecule has 2 aliphatic heterocycles. The molecule has 2 N–H and O–H groups in total. The molecule has 2 fully saturated rings. The Balaban J connectivity index is 0.00000208. The van der Waals surface area contributed by atoms with Crippen LogP contribution in [-0.2, 0) is 17.9 Å². The van der Waals surface area contributed by atoms with Gasteiger partial charge in [-0.2, -0.15) is 0 Å². The number of nitrogens with zero attached hydrogens (tertiary/aromatic N) is 1. The fourth-order valence-electron chi connectivity index (χ4n) is 3.54. The van der Waals surface area contributed by atoms with Crippen LogP contribution >= 0.6 is 12.4 Å². The van der Waals surface area contributed by atoms with Crippen molar-refractivity contribution in [3.05, 3.63) is 35.4 Å². The molecule has 1 atom stereocenters. The molecular weight excluding hydrogens is 322 g/mol. The first-order chi connectivity index (χ1) is 11.2. The Morgan fingerprint density at radius 2 is 2.00 bits per heavy atom. The SMILES string of the molecule is CC1CCN(Cc2cccc(CNC(=O)C3CCCN3)c2)CC1.Cl. The number of benzene rings is 1. The van der Waals surface area contributed by atoms with E-state index in [1.54, 1.807) is 0 Å². The van der Waals surface area contributed by atoms with Crippen molar-refractivity contribution in [2.75, 3.05) is 19.6 Å².